The first-order valence-electron chi connectivity index (χ1n) is 8.38. The smallest absolute Gasteiger partial charge is 0.0132 e. The number of aryl methyl sites for hydroxylation is 1. The highest BCUT2D eigenvalue weighted by Crippen LogP contribution is 2.23. The van der Waals surface area contributed by atoms with Crippen LogP contribution in [-0.4, -0.2) is 0 Å². The Kier molecular flexibility index (Phi) is 6.79. The Bertz CT molecular complexity index is 364. The number of hydrogen-bond donors (Lipinski definition) is 0. The van der Waals surface area contributed by atoms with Gasteiger partial charge in [-0.2, -0.15) is 0 Å². The van der Waals surface area contributed by atoms with Crippen LogP contribution in [0.1, 0.15) is 78.4 Å². The van der Waals surface area contributed by atoms with Gasteiger partial charge in [0.2, 0.25) is 0 Å². The van der Waals surface area contributed by atoms with Gasteiger partial charge in [-0.15, -0.1) is 0 Å². The molecule has 0 radical (unpaired) electrons. The fourth-order valence-corrected chi connectivity index (χ4v) is 2.60. The highest BCUT2D eigenvalue weighted by molar-refractivity contribution is 5.27. The van der Waals surface area contributed by atoms with Crippen LogP contribution in [0.5, 0.6) is 0 Å². The van der Waals surface area contributed by atoms with Crippen LogP contribution in [0.4, 0.5) is 0 Å². The lowest BCUT2D eigenvalue weighted by Crippen LogP contribution is -2.10. The third-order valence-electron chi connectivity index (χ3n) is 4.22. The summed E-state index contributed by atoms with van der Waals surface area (Å²) in [6, 6.07) is 9.25. The molecule has 0 aliphatic rings. The molecular weight excluding hydrogens is 240 g/mol. The van der Waals surface area contributed by atoms with Crippen molar-refractivity contribution < 1.29 is 0 Å². The lowest BCUT2D eigenvalue weighted by Gasteiger charge is -2.19. The maximum atomic E-state index is 2.41. The van der Waals surface area contributed by atoms with Crippen molar-refractivity contribution in [3.8, 4) is 0 Å². The van der Waals surface area contributed by atoms with Crippen LogP contribution in [0.3, 0.4) is 0 Å². The second-order valence-corrected chi connectivity index (χ2v) is 7.92. The van der Waals surface area contributed by atoms with E-state index in [1.807, 2.05) is 0 Å². The van der Waals surface area contributed by atoms with Crippen molar-refractivity contribution in [2.24, 2.45) is 11.8 Å². The van der Waals surface area contributed by atoms with E-state index >= 15 is 0 Å². The molecule has 1 aromatic rings. The zero-order valence-electron chi connectivity index (χ0n) is 14.5. The summed E-state index contributed by atoms with van der Waals surface area (Å²) in [4.78, 5) is 0. The Hall–Kier alpha value is -0.780. The molecule has 0 spiro atoms. The molecule has 1 rings (SSSR count). The Balaban J connectivity index is 2.34. The number of rotatable bonds is 7. The summed E-state index contributed by atoms with van der Waals surface area (Å²) in [6.45, 7) is 13.9. The van der Waals surface area contributed by atoms with E-state index < -0.39 is 0 Å². The third kappa shape index (κ3) is 6.59. The predicted octanol–water partition coefficient (Wildman–Crippen LogP) is 6.38. The summed E-state index contributed by atoms with van der Waals surface area (Å²) in [5, 5.41) is 0. The second-order valence-electron chi connectivity index (χ2n) is 7.92. The van der Waals surface area contributed by atoms with E-state index in [1.165, 1.54) is 43.2 Å². The van der Waals surface area contributed by atoms with Crippen LogP contribution >= 0.6 is 0 Å². The van der Waals surface area contributed by atoms with E-state index in [0.29, 0.717) is 0 Å². The van der Waals surface area contributed by atoms with Gasteiger partial charge >= 0.3 is 0 Å². The molecule has 0 saturated heterocycles. The van der Waals surface area contributed by atoms with Crippen LogP contribution in [0.15, 0.2) is 24.3 Å². The normalized spacial score (nSPS) is 13.8. The minimum atomic E-state index is 0.267. The molecule has 0 aromatic heterocycles. The summed E-state index contributed by atoms with van der Waals surface area (Å²) >= 11 is 0. The van der Waals surface area contributed by atoms with E-state index in [4.69, 9.17) is 0 Å². The first-order valence-corrected chi connectivity index (χ1v) is 8.38. The maximum Gasteiger partial charge on any atom is -0.0132 e. The fraction of sp³-hybridized carbons (Fsp3) is 0.700. The van der Waals surface area contributed by atoms with E-state index in [1.54, 1.807) is 0 Å². The molecule has 0 nitrogen and oxygen atoms in total. The van der Waals surface area contributed by atoms with E-state index in [-0.39, 0.29) is 5.41 Å². The molecule has 0 saturated carbocycles. The molecule has 0 heterocycles. The van der Waals surface area contributed by atoms with Gasteiger partial charge in [-0.05, 0) is 41.2 Å². The van der Waals surface area contributed by atoms with Gasteiger partial charge in [0.15, 0.2) is 0 Å². The number of benzene rings is 1. The minimum absolute atomic E-state index is 0.267. The van der Waals surface area contributed by atoms with Gasteiger partial charge in [-0.3, -0.25) is 0 Å². The zero-order valence-corrected chi connectivity index (χ0v) is 14.5. The van der Waals surface area contributed by atoms with Crippen LogP contribution in [0, 0.1) is 11.8 Å². The molecule has 0 amide bonds. The monoisotopic (exact) mass is 274 g/mol. The van der Waals surface area contributed by atoms with Gasteiger partial charge in [0.25, 0.3) is 0 Å². The Morgan fingerprint density at radius 2 is 1.45 bits per heavy atom. The summed E-state index contributed by atoms with van der Waals surface area (Å²) in [6.07, 6.45) is 6.71. The molecule has 0 heteroatoms. The molecular formula is C20H34. The van der Waals surface area contributed by atoms with Crippen LogP contribution in [0.2, 0.25) is 0 Å². The van der Waals surface area contributed by atoms with Crippen LogP contribution < -0.4 is 0 Å². The molecule has 20 heavy (non-hydrogen) atoms. The molecule has 0 fully saturated rings. The third-order valence-corrected chi connectivity index (χ3v) is 4.22. The van der Waals surface area contributed by atoms with Gasteiger partial charge < -0.3 is 0 Å². The molecule has 1 aromatic carbocycles. The topological polar surface area (TPSA) is 0 Å². The summed E-state index contributed by atoms with van der Waals surface area (Å²) in [7, 11) is 0. The first kappa shape index (κ1) is 17.3. The average molecular weight is 274 g/mol. The van der Waals surface area contributed by atoms with Crippen LogP contribution in [0.25, 0.3) is 0 Å². The molecule has 0 aliphatic carbocycles. The fourth-order valence-electron chi connectivity index (χ4n) is 2.60. The Morgan fingerprint density at radius 3 is 1.95 bits per heavy atom. The highest BCUT2D eigenvalue weighted by Gasteiger charge is 2.12. The largest absolute Gasteiger partial charge is 0.0628 e. The lowest BCUT2D eigenvalue weighted by atomic mass is 9.86. The quantitative estimate of drug-likeness (QED) is 0.541. The van der Waals surface area contributed by atoms with Crippen molar-refractivity contribution in [1.29, 1.82) is 0 Å². The Labute approximate surface area is 127 Å². The average Bonchev–Trinajstić information content (AvgIpc) is 2.35. The van der Waals surface area contributed by atoms with Gasteiger partial charge in [0, 0.05) is 0 Å². The Morgan fingerprint density at radius 1 is 0.850 bits per heavy atom. The molecule has 114 valence electrons. The van der Waals surface area contributed by atoms with Crippen molar-refractivity contribution in [2.45, 2.75) is 79.1 Å². The molecule has 0 bridgehead atoms. The SMILES string of the molecule is CC(C)CCCC(C)CCc1ccc(C(C)(C)C)cc1. The molecule has 1 unspecified atom stereocenters. The lowest BCUT2D eigenvalue weighted by molar-refractivity contribution is 0.437. The molecule has 1 atom stereocenters. The van der Waals surface area contributed by atoms with Crippen molar-refractivity contribution >= 4 is 0 Å². The van der Waals surface area contributed by atoms with Crippen molar-refractivity contribution in [3.63, 3.8) is 0 Å². The minimum Gasteiger partial charge on any atom is -0.0628 e. The summed E-state index contributed by atoms with van der Waals surface area (Å²) in [5.74, 6) is 1.71. The van der Waals surface area contributed by atoms with Crippen molar-refractivity contribution in [2.75, 3.05) is 0 Å². The van der Waals surface area contributed by atoms with Gasteiger partial charge in [0.05, 0.1) is 0 Å². The second kappa shape index (κ2) is 7.86. The molecule has 0 aliphatic heterocycles. The van der Waals surface area contributed by atoms with Crippen molar-refractivity contribution in [1.82, 2.24) is 0 Å². The standard InChI is InChI=1S/C20H34/c1-16(2)8-7-9-17(3)10-11-18-12-14-19(15-13-18)20(4,5)6/h12-17H,7-11H2,1-6H3. The maximum absolute atomic E-state index is 2.41. The highest BCUT2D eigenvalue weighted by atomic mass is 14.2. The summed E-state index contributed by atoms with van der Waals surface area (Å²) in [5.41, 5.74) is 3.20. The number of hydrogen-bond acceptors (Lipinski definition) is 0. The zero-order chi connectivity index (χ0) is 15.2. The predicted molar refractivity (Wildman–Crippen MR) is 91.3 cm³/mol. The van der Waals surface area contributed by atoms with Gasteiger partial charge in [-0.25, -0.2) is 0 Å². The summed E-state index contributed by atoms with van der Waals surface area (Å²) < 4.78 is 0. The van der Waals surface area contributed by atoms with Crippen molar-refractivity contribution in [3.05, 3.63) is 35.4 Å². The molecule has 0 N–H and O–H groups in total. The van der Waals surface area contributed by atoms with Gasteiger partial charge in [0.1, 0.15) is 0 Å². The van der Waals surface area contributed by atoms with Crippen LogP contribution in [-0.2, 0) is 11.8 Å². The van der Waals surface area contributed by atoms with E-state index in [0.717, 1.165) is 11.8 Å². The van der Waals surface area contributed by atoms with E-state index in [2.05, 4.69) is 65.8 Å². The first-order chi connectivity index (χ1) is 9.29. The van der Waals surface area contributed by atoms with Gasteiger partial charge in [-0.1, -0.05) is 85.1 Å². The van der Waals surface area contributed by atoms with E-state index in [9.17, 15) is 0 Å².